The van der Waals surface area contributed by atoms with Gasteiger partial charge in [0.15, 0.2) is 0 Å². The van der Waals surface area contributed by atoms with Crippen LogP contribution in [0.15, 0.2) is 67.3 Å². The van der Waals surface area contributed by atoms with Crippen molar-refractivity contribution in [2.45, 2.75) is 18.9 Å². The van der Waals surface area contributed by atoms with Crippen LogP contribution in [0.4, 0.5) is 11.4 Å². The molecule has 2 amide bonds. The van der Waals surface area contributed by atoms with E-state index in [2.05, 4.69) is 17.2 Å². The van der Waals surface area contributed by atoms with Crippen LogP contribution in [0.3, 0.4) is 0 Å². The van der Waals surface area contributed by atoms with Crippen LogP contribution in [0.1, 0.15) is 23.2 Å². The molecule has 2 aromatic rings. The third kappa shape index (κ3) is 4.51. The monoisotopic (exact) mass is 349 g/mol. The third-order valence-corrected chi connectivity index (χ3v) is 4.19. The lowest BCUT2D eigenvalue weighted by Gasteiger charge is -2.22. The zero-order chi connectivity index (χ0) is 18.4. The summed E-state index contributed by atoms with van der Waals surface area (Å²) >= 11 is 0. The zero-order valence-corrected chi connectivity index (χ0v) is 14.7. The smallest absolute Gasteiger partial charge is 0.253 e. The van der Waals surface area contributed by atoms with Crippen molar-refractivity contribution in [1.82, 2.24) is 5.32 Å². The van der Waals surface area contributed by atoms with E-state index in [-0.39, 0.29) is 18.4 Å². The van der Waals surface area contributed by atoms with Gasteiger partial charge in [0, 0.05) is 24.0 Å². The molecule has 26 heavy (non-hydrogen) atoms. The Kier molecular flexibility index (Phi) is 5.69. The first-order valence-electron chi connectivity index (χ1n) is 8.79. The summed E-state index contributed by atoms with van der Waals surface area (Å²) in [7, 11) is 0. The van der Waals surface area contributed by atoms with Crippen LogP contribution < -0.4 is 15.5 Å². The molecule has 0 atom stereocenters. The SMILES string of the molecule is C=CCN(C(=O)CNc1ccccc1C(=O)NC1CC1)c1ccccc1. The number of nitrogens with one attached hydrogen (secondary N) is 2. The van der Waals surface area contributed by atoms with E-state index >= 15 is 0 Å². The van der Waals surface area contributed by atoms with Crippen molar-refractivity contribution in [1.29, 1.82) is 0 Å². The predicted octanol–water partition coefficient (Wildman–Crippen LogP) is 3.21. The summed E-state index contributed by atoms with van der Waals surface area (Å²) in [4.78, 5) is 26.7. The second-order valence-corrected chi connectivity index (χ2v) is 6.28. The number of benzene rings is 2. The van der Waals surface area contributed by atoms with Crippen LogP contribution in [0.5, 0.6) is 0 Å². The summed E-state index contributed by atoms with van der Waals surface area (Å²) in [5.74, 6) is -0.192. The van der Waals surface area contributed by atoms with Crippen LogP contribution in [0.2, 0.25) is 0 Å². The molecule has 1 saturated carbocycles. The van der Waals surface area contributed by atoms with Crippen LogP contribution in [-0.4, -0.2) is 30.9 Å². The Morgan fingerprint density at radius 3 is 2.46 bits per heavy atom. The van der Waals surface area contributed by atoms with E-state index in [1.165, 1.54) is 0 Å². The standard InChI is InChI=1S/C21H23N3O2/c1-2-14-24(17-8-4-3-5-9-17)20(25)15-22-19-11-7-6-10-18(19)21(26)23-16-12-13-16/h2-11,16,22H,1,12-15H2,(H,23,26). The Labute approximate surface area is 153 Å². The zero-order valence-electron chi connectivity index (χ0n) is 14.7. The topological polar surface area (TPSA) is 61.4 Å². The molecular formula is C21H23N3O2. The van der Waals surface area contributed by atoms with Gasteiger partial charge in [0.2, 0.25) is 5.91 Å². The molecule has 0 spiro atoms. The van der Waals surface area contributed by atoms with Gasteiger partial charge in [0.1, 0.15) is 0 Å². The van der Waals surface area contributed by atoms with Gasteiger partial charge in [-0.15, -0.1) is 6.58 Å². The maximum absolute atomic E-state index is 12.7. The number of hydrogen-bond donors (Lipinski definition) is 2. The van der Waals surface area contributed by atoms with Crippen LogP contribution in [0.25, 0.3) is 0 Å². The number of hydrogen-bond acceptors (Lipinski definition) is 3. The molecule has 2 N–H and O–H groups in total. The quantitative estimate of drug-likeness (QED) is 0.720. The van der Waals surface area contributed by atoms with Crippen molar-refractivity contribution in [3.8, 4) is 0 Å². The van der Waals surface area contributed by atoms with E-state index in [1.54, 1.807) is 17.0 Å². The van der Waals surface area contributed by atoms with Crippen molar-refractivity contribution < 1.29 is 9.59 Å². The number of amides is 2. The number of carbonyl (C=O) groups is 2. The second-order valence-electron chi connectivity index (χ2n) is 6.28. The highest BCUT2D eigenvalue weighted by Crippen LogP contribution is 2.21. The van der Waals surface area contributed by atoms with E-state index in [4.69, 9.17) is 0 Å². The lowest BCUT2D eigenvalue weighted by Crippen LogP contribution is -2.36. The van der Waals surface area contributed by atoms with Gasteiger partial charge in [-0.05, 0) is 37.1 Å². The Morgan fingerprint density at radius 2 is 1.77 bits per heavy atom. The molecular weight excluding hydrogens is 326 g/mol. The third-order valence-electron chi connectivity index (χ3n) is 4.19. The van der Waals surface area contributed by atoms with Crippen LogP contribution in [0, 0.1) is 0 Å². The van der Waals surface area contributed by atoms with Crippen LogP contribution in [-0.2, 0) is 4.79 Å². The highest BCUT2D eigenvalue weighted by molar-refractivity contribution is 6.01. The average Bonchev–Trinajstić information content (AvgIpc) is 3.49. The summed E-state index contributed by atoms with van der Waals surface area (Å²) < 4.78 is 0. The van der Waals surface area contributed by atoms with Crippen molar-refractivity contribution in [3.63, 3.8) is 0 Å². The van der Waals surface area contributed by atoms with Gasteiger partial charge < -0.3 is 15.5 Å². The lowest BCUT2D eigenvalue weighted by atomic mass is 10.1. The van der Waals surface area contributed by atoms with E-state index in [1.807, 2.05) is 48.5 Å². The van der Waals surface area contributed by atoms with Gasteiger partial charge >= 0.3 is 0 Å². The molecule has 0 bridgehead atoms. The molecule has 3 rings (SSSR count). The summed E-state index contributed by atoms with van der Waals surface area (Å²) in [5.41, 5.74) is 2.03. The van der Waals surface area contributed by atoms with Gasteiger partial charge in [0.25, 0.3) is 5.91 Å². The molecule has 0 unspecified atom stereocenters. The minimum Gasteiger partial charge on any atom is -0.375 e. The minimum atomic E-state index is -0.103. The number of para-hydroxylation sites is 2. The molecule has 0 aromatic heterocycles. The Balaban J connectivity index is 1.68. The van der Waals surface area contributed by atoms with E-state index in [9.17, 15) is 9.59 Å². The minimum absolute atomic E-state index is 0.0893. The van der Waals surface area contributed by atoms with Gasteiger partial charge in [-0.3, -0.25) is 9.59 Å². The van der Waals surface area contributed by atoms with Crippen molar-refractivity contribution in [3.05, 3.63) is 72.8 Å². The fourth-order valence-electron chi connectivity index (χ4n) is 2.68. The summed E-state index contributed by atoms with van der Waals surface area (Å²) in [6, 6.07) is 17.0. The number of rotatable bonds is 8. The Morgan fingerprint density at radius 1 is 1.08 bits per heavy atom. The molecule has 134 valence electrons. The van der Waals surface area contributed by atoms with Gasteiger partial charge in [-0.1, -0.05) is 36.4 Å². The van der Waals surface area contributed by atoms with Gasteiger partial charge in [-0.2, -0.15) is 0 Å². The van der Waals surface area contributed by atoms with Gasteiger partial charge in [0.05, 0.1) is 12.1 Å². The summed E-state index contributed by atoms with van der Waals surface area (Å²) in [6.45, 7) is 4.25. The molecule has 2 aromatic carbocycles. The summed E-state index contributed by atoms with van der Waals surface area (Å²) in [6.07, 6.45) is 3.77. The molecule has 0 aliphatic heterocycles. The molecule has 1 aliphatic carbocycles. The largest absolute Gasteiger partial charge is 0.375 e. The molecule has 0 heterocycles. The molecule has 1 fully saturated rings. The first kappa shape index (κ1) is 17.7. The normalized spacial score (nSPS) is 12.9. The van der Waals surface area contributed by atoms with Crippen molar-refractivity contribution >= 4 is 23.2 Å². The Hall–Kier alpha value is -3.08. The number of anilines is 2. The maximum Gasteiger partial charge on any atom is 0.253 e. The second kappa shape index (κ2) is 8.34. The van der Waals surface area contributed by atoms with Crippen LogP contribution >= 0.6 is 0 Å². The van der Waals surface area contributed by atoms with Crippen molar-refractivity contribution in [2.75, 3.05) is 23.3 Å². The number of carbonyl (C=O) groups excluding carboxylic acids is 2. The highest BCUT2D eigenvalue weighted by atomic mass is 16.2. The average molecular weight is 349 g/mol. The van der Waals surface area contributed by atoms with E-state index in [0.29, 0.717) is 23.8 Å². The van der Waals surface area contributed by atoms with E-state index < -0.39 is 0 Å². The molecule has 0 radical (unpaired) electrons. The van der Waals surface area contributed by atoms with Crippen molar-refractivity contribution in [2.24, 2.45) is 0 Å². The molecule has 5 heteroatoms. The molecule has 5 nitrogen and oxygen atoms in total. The first-order chi connectivity index (χ1) is 12.7. The highest BCUT2D eigenvalue weighted by Gasteiger charge is 2.25. The van der Waals surface area contributed by atoms with E-state index in [0.717, 1.165) is 18.5 Å². The van der Waals surface area contributed by atoms with Gasteiger partial charge in [-0.25, -0.2) is 0 Å². The summed E-state index contributed by atoms with van der Waals surface area (Å²) in [5, 5.41) is 6.09. The fourth-order valence-corrected chi connectivity index (χ4v) is 2.68. The predicted molar refractivity (Wildman–Crippen MR) is 104 cm³/mol. The lowest BCUT2D eigenvalue weighted by molar-refractivity contribution is -0.116. The molecule has 1 aliphatic rings. The first-order valence-corrected chi connectivity index (χ1v) is 8.79. The Bertz CT molecular complexity index is 785. The fraction of sp³-hybridized carbons (Fsp3) is 0.238. The maximum atomic E-state index is 12.7. The molecule has 0 saturated heterocycles. The number of nitrogens with zero attached hydrogens (tertiary/aromatic N) is 1.